The van der Waals surface area contributed by atoms with Crippen LogP contribution < -0.4 is 14.9 Å². The van der Waals surface area contributed by atoms with Gasteiger partial charge in [0.1, 0.15) is 5.82 Å². The van der Waals surface area contributed by atoms with Gasteiger partial charge in [0.2, 0.25) is 5.75 Å². The van der Waals surface area contributed by atoms with Crippen LogP contribution in [0.5, 0.6) is 17.2 Å². The molecule has 0 atom stereocenters. The third kappa shape index (κ3) is 4.59. The van der Waals surface area contributed by atoms with Crippen LogP contribution >= 0.6 is 0 Å². The number of phenolic OH excluding ortho intramolecular Hbond substituents is 1. The summed E-state index contributed by atoms with van der Waals surface area (Å²) in [6.07, 6.45) is 1.41. The Kier molecular flexibility index (Phi) is 6.17. The maximum Gasteiger partial charge on any atom is 0.272 e. The molecule has 0 aliphatic heterocycles. The number of rotatable bonds is 6. The number of pyridine rings is 1. The molecule has 166 valence electrons. The van der Waals surface area contributed by atoms with Gasteiger partial charge in [0.15, 0.2) is 11.5 Å². The highest BCUT2D eigenvalue weighted by Crippen LogP contribution is 2.36. The SMILES string of the molecule is COc1cc(/C=N/NC(=O)c2cc(-c3ccc(F)cc3)nc3ccccc23)cc(OC)c1O. The highest BCUT2D eigenvalue weighted by Gasteiger charge is 2.14. The summed E-state index contributed by atoms with van der Waals surface area (Å²) in [5.41, 5.74) is 5.29. The molecule has 0 saturated heterocycles. The largest absolute Gasteiger partial charge is 0.502 e. The lowest BCUT2D eigenvalue weighted by molar-refractivity contribution is 0.0956. The number of halogens is 1. The quantitative estimate of drug-likeness (QED) is 0.336. The first-order valence-electron chi connectivity index (χ1n) is 9.94. The number of hydrazone groups is 1. The highest BCUT2D eigenvalue weighted by atomic mass is 19.1. The van der Waals surface area contributed by atoms with E-state index in [4.69, 9.17) is 9.47 Å². The first-order chi connectivity index (χ1) is 16.0. The minimum absolute atomic E-state index is 0.127. The fourth-order valence-corrected chi connectivity index (χ4v) is 3.35. The minimum atomic E-state index is -0.439. The maximum absolute atomic E-state index is 13.3. The van der Waals surface area contributed by atoms with Gasteiger partial charge in [0.05, 0.1) is 37.2 Å². The molecule has 0 radical (unpaired) electrons. The van der Waals surface area contributed by atoms with Crippen LogP contribution in [0.25, 0.3) is 22.2 Å². The van der Waals surface area contributed by atoms with Gasteiger partial charge in [-0.2, -0.15) is 5.10 Å². The number of ether oxygens (including phenoxy) is 2. The number of fused-ring (bicyclic) bond motifs is 1. The molecule has 33 heavy (non-hydrogen) atoms. The van der Waals surface area contributed by atoms with Crippen LogP contribution in [0.3, 0.4) is 0 Å². The van der Waals surface area contributed by atoms with Gasteiger partial charge in [0, 0.05) is 16.5 Å². The van der Waals surface area contributed by atoms with Gasteiger partial charge in [0.25, 0.3) is 5.91 Å². The van der Waals surface area contributed by atoms with Gasteiger partial charge < -0.3 is 14.6 Å². The summed E-state index contributed by atoms with van der Waals surface area (Å²) < 4.78 is 23.6. The molecule has 0 fully saturated rings. The van der Waals surface area contributed by atoms with Crippen molar-refractivity contribution in [1.82, 2.24) is 10.4 Å². The van der Waals surface area contributed by atoms with Gasteiger partial charge in [-0.1, -0.05) is 18.2 Å². The van der Waals surface area contributed by atoms with Gasteiger partial charge in [-0.25, -0.2) is 14.8 Å². The molecule has 0 aliphatic carbocycles. The molecule has 1 amide bonds. The topological polar surface area (TPSA) is 93.0 Å². The number of nitrogens with zero attached hydrogens (tertiary/aromatic N) is 2. The Morgan fingerprint density at radius 2 is 1.70 bits per heavy atom. The summed E-state index contributed by atoms with van der Waals surface area (Å²) in [5, 5.41) is 14.7. The Morgan fingerprint density at radius 3 is 2.36 bits per heavy atom. The Morgan fingerprint density at radius 1 is 1.03 bits per heavy atom. The fourth-order valence-electron chi connectivity index (χ4n) is 3.35. The van der Waals surface area contributed by atoms with Crippen LogP contribution in [0.2, 0.25) is 0 Å². The number of para-hydroxylation sites is 1. The molecule has 1 heterocycles. The molecule has 0 bridgehead atoms. The van der Waals surface area contributed by atoms with Gasteiger partial charge in [-0.3, -0.25) is 4.79 Å². The number of methoxy groups -OCH3 is 2. The molecular weight excluding hydrogens is 425 g/mol. The van der Waals surface area contributed by atoms with E-state index in [0.29, 0.717) is 33.3 Å². The number of phenols is 1. The van der Waals surface area contributed by atoms with Crippen molar-refractivity contribution in [2.75, 3.05) is 14.2 Å². The van der Waals surface area contributed by atoms with E-state index in [1.807, 2.05) is 12.1 Å². The predicted octanol–water partition coefficient (Wildman–Crippen LogP) is 4.53. The Balaban J connectivity index is 1.65. The van der Waals surface area contributed by atoms with Gasteiger partial charge in [-0.05, 0) is 48.5 Å². The van der Waals surface area contributed by atoms with Crippen molar-refractivity contribution in [3.05, 3.63) is 83.7 Å². The number of aromatic hydroxyl groups is 1. The van der Waals surface area contributed by atoms with Gasteiger partial charge >= 0.3 is 0 Å². The molecule has 1 aromatic heterocycles. The smallest absolute Gasteiger partial charge is 0.272 e. The second-order valence-corrected chi connectivity index (χ2v) is 7.05. The first kappa shape index (κ1) is 21.8. The number of benzene rings is 3. The van der Waals surface area contributed by atoms with Crippen LogP contribution in [0.1, 0.15) is 15.9 Å². The Hall–Kier alpha value is -4.46. The number of hydrogen-bond donors (Lipinski definition) is 2. The van der Waals surface area contributed by atoms with E-state index >= 15 is 0 Å². The van der Waals surface area contributed by atoms with Crippen LogP contribution in [0.4, 0.5) is 4.39 Å². The normalized spacial score (nSPS) is 11.0. The summed E-state index contributed by atoms with van der Waals surface area (Å²) in [4.78, 5) is 17.6. The van der Waals surface area contributed by atoms with Crippen molar-refractivity contribution in [2.24, 2.45) is 5.10 Å². The van der Waals surface area contributed by atoms with E-state index in [0.717, 1.165) is 0 Å². The Labute approximate surface area is 189 Å². The van der Waals surface area contributed by atoms with Crippen molar-refractivity contribution in [1.29, 1.82) is 0 Å². The molecule has 3 aromatic carbocycles. The molecule has 4 rings (SSSR count). The molecule has 8 heteroatoms. The zero-order valence-corrected chi connectivity index (χ0v) is 17.9. The van der Waals surface area contributed by atoms with E-state index in [1.165, 1.54) is 32.6 Å². The van der Waals surface area contributed by atoms with E-state index in [1.54, 1.807) is 42.5 Å². The van der Waals surface area contributed by atoms with Crippen molar-refractivity contribution in [3.8, 4) is 28.5 Å². The highest BCUT2D eigenvalue weighted by molar-refractivity contribution is 6.07. The zero-order chi connectivity index (χ0) is 23.4. The van der Waals surface area contributed by atoms with Crippen LogP contribution in [-0.4, -0.2) is 36.4 Å². The lowest BCUT2D eigenvalue weighted by Crippen LogP contribution is -2.18. The number of carbonyl (C=O) groups excluding carboxylic acids is 1. The van der Waals surface area contributed by atoms with E-state index < -0.39 is 5.91 Å². The van der Waals surface area contributed by atoms with Crippen LogP contribution in [0.15, 0.2) is 71.8 Å². The third-order valence-corrected chi connectivity index (χ3v) is 4.98. The van der Waals surface area contributed by atoms with Crippen molar-refractivity contribution in [2.45, 2.75) is 0 Å². The minimum Gasteiger partial charge on any atom is -0.502 e. The number of nitrogens with one attached hydrogen (secondary N) is 1. The van der Waals surface area contributed by atoms with E-state index in [-0.39, 0.29) is 23.1 Å². The molecule has 0 spiro atoms. The summed E-state index contributed by atoms with van der Waals surface area (Å²) in [7, 11) is 2.84. The number of carbonyl (C=O) groups is 1. The second kappa shape index (κ2) is 9.35. The zero-order valence-electron chi connectivity index (χ0n) is 17.9. The Bertz CT molecular complexity index is 1330. The van der Waals surface area contributed by atoms with E-state index in [2.05, 4.69) is 15.5 Å². The van der Waals surface area contributed by atoms with Crippen molar-refractivity contribution in [3.63, 3.8) is 0 Å². The van der Waals surface area contributed by atoms with Crippen molar-refractivity contribution >= 4 is 23.0 Å². The van der Waals surface area contributed by atoms with Crippen LogP contribution in [0, 0.1) is 5.82 Å². The molecule has 4 aromatic rings. The summed E-state index contributed by atoms with van der Waals surface area (Å²) >= 11 is 0. The monoisotopic (exact) mass is 445 g/mol. The molecule has 0 unspecified atom stereocenters. The molecule has 2 N–H and O–H groups in total. The molecular formula is C25H20FN3O4. The predicted molar refractivity (Wildman–Crippen MR) is 123 cm³/mol. The summed E-state index contributed by atoms with van der Waals surface area (Å²) in [5.74, 6) is -0.490. The fraction of sp³-hybridized carbons (Fsp3) is 0.0800. The van der Waals surface area contributed by atoms with Gasteiger partial charge in [-0.15, -0.1) is 0 Å². The van der Waals surface area contributed by atoms with Crippen molar-refractivity contribution < 1.29 is 23.8 Å². The summed E-state index contributed by atoms with van der Waals surface area (Å²) in [6, 6.07) is 17.9. The van der Waals surface area contributed by atoms with Crippen LogP contribution in [-0.2, 0) is 0 Å². The van der Waals surface area contributed by atoms with E-state index in [9.17, 15) is 14.3 Å². The lowest BCUT2D eigenvalue weighted by atomic mass is 10.0. The second-order valence-electron chi connectivity index (χ2n) is 7.05. The molecule has 0 aliphatic rings. The number of amides is 1. The summed E-state index contributed by atoms with van der Waals surface area (Å²) in [6.45, 7) is 0. The number of hydrogen-bond acceptors (Lipinski definition) is 6. The maximum atomic E-state index is 13.3. The molecule has 0 saturated carbocycles. The molecule has 7 nitrogen and oxygen atoms in total. The lowest BCUT2D eigenvalue weighted by Gasteiger charge is -2.10. The average molecular weight is 445 g/mol. The first-order valence-corrected chi connectivity index (χ1v) is 9.94. The third-order valence-electron chi connectivity index (χ3n) is 4.98. The number of aromatic nitrogens is 1. The average Bonchev–Trinajstić information content (AvgIpc) is 2.84. The standard InChI is InChI=1S/C25H20FN3O4/c1-32-22-11-15(12-23(33-2)24(22)30)14-27-29-25(31)19-13-21(16-7-9-17(26)10-8-16)28-20-6-4-3-5-18(19)20/h3-14,30H,1-2H3,(H,29,31)/b27-14+.